The molecule has 4 heteroatoms. The van der Waals surface area contributed by atoms with E-state index >= 15 is 0 Å². The van der Waals surface area contributed by atoms with Crippen LogP contribution in [0, 0.1) is 5.92 Å². The first-order valence-electron chi connectivity index (χ1n) is 6.53. The van der Waals surface area contributed by atoms with Crippen molar-refractivity contribution in [3.05, 3.63) is 52.5 Å². The molecule has 2 rings (SSSR count). The molecule has 0 fully saturated rings. The zero-order valence-corrected chi connectivity index (χ0v) is 12.1. The van der Waals surface area contributed by atoms with Gasteiger partial charge in [0.25, 0.3) is 0 Å². The van der Waals surface area contributed by atoms with Crippen molar-refractivity contribution in [2.45, 2.75) is 32.5 Å². The number of hydrogen-bond donors (Lipinski definition) is 2. The molecule has 0 spiro atoms. The second-order valence-electron chi connectivity index (χ2n) is 4.93. The Balaban J connectivity index is 2.01. The molecule has 3 nitrogen and oxygen atoms in total. The average Bonchev–Trinajstić information content (AvgIpc) is 2.93. The van der Waals surface area contributed by atoms with Gasteiger partial charge in [0.15, 0.2) is 0 Å². The van der Waals surface area contributed by atoms with Crippen molar-refractivity contribution in [2.24, 2.45) is 5.92 Å². The van der Waals surface area contributed by atoms with Crippen LogP contribution in [0.4, 0.5) is 0 Å². The summed E-state index contributed by atoms with van der Waals surface area (Å²) in [5.41, 5.74) is 0.992. The van der Waals surface area contributed by atoms with Gasteiger partial charge in [0.1, 0.15) is 6.10 Å². The number of aliphatic hydroxyl groups excluding tert-OH is 1. The highest BCUT2D eigenvalue weighted by Gasteiger charge is 2.24. The number of nitrogens with zero attached hydrogens (tertiary/aromatic N) is 1. The molecule has 0 aromatic carbocycles. The lowest BCUT2D eigenvalue weighted by molar-refractivity contribution is 0.107. The molecule has 0 aliphatic carbocycles. The zero-order chi connectivity index (χ0) is 13.7. The summed E-state index contributed by atoms with van der Waals surface area (Å²) in [7, 11) is 0. The maximum absolute atomic E-state index is 10.4. The van der Waals surface area contributed by atoms with Crippen molar-refractivity contribution < 1.29 is 5.11 Å². The molecule has 2 aromatic rings. The minimum atomic E-state index is -0.469. The summed E-state index contributed by atoms with van der Waals surface area (Å²) in [6.07, 6.45) is 1.32. The Morgan fingerprint density at radius 2 is 2.11 bits per heavy atom. The molecule has 2 unspecified atom stereocenters. The number of thiophene rings is 1. The van der Waals surface area contributed by atoms with Gasteiger partial charge in [0.2, 0.25) is 0 Å². The van der Waals surface area contributed by atoms with E-state index in [0.29, 0.717) is 12.5 Å². The van der Waals surface area contributed by atoms with Crippen LogP contribution in [0.25, 0.3) is 0 Å². The Kier molecular flexibility index (Phi) is 5.07. The third-order valence-electron chi connectivity index (χ3n) is 3.14. The number of hydrogen-bond acceptors (Lipinski definition) is 4. The summed E-state index contributed by atoms with van der Waals surface area (Å²) in [6, 6.07) is 9.85. The number of rotatable bonds is 6. The molecule has 0 amide bonds. The van der Waals surface area contributed by atoms with E-state index in [1.165, 1.54) is 0 Å². The second kappa shape index (κ2) is 6.80. The van der Waals surface area contributed by atoms with Crippen molar-refractivity contribution in [1.82, 2.24) is 10.3 Å². The van der Waals surface area contributed by atoms with E-state index in [4.69, 9.17) is 0 Å². The molecule has 19 heavy (non-hydrogen) atoms. The van der Waals surface area contributed by atoms with E-state index < -0.39 is 6.10 Å². The summed E-state index contributed by atoms with van der Waals surface area (Å²) in [5.74, 6) is 0.348. The molecule has 2 heterocycles. The molecule has 102 valence electrons. The fraction of sp³-hybridized carbons (Fsp3) is 0.400. The number of aliphatic hydroxyl groups is 1. The maximum atomic E-state index is 10.4. The quantitative estimate of drug-likeness (QED) is 0.852. The predicted octanol–water partition coefficient (Wildman–Crippen LogP) is 2.99. The SMILES string of the molecule is CC(C)C(NCc1ccccn1)C(O)c1cccs1. The van der Waals surface area contributed by atoms with Gasteiger partial charge in [-0.1, -0.05) is 26.0 Å². The first-order chi connectivity index (χ1) is 9.18. The Bertz CT molecular complexity index is 470. The van der Waals surface area contributed by atoms with Crippen LogP contribution in [0.3, 0.4) is 0 Å². The Hall–Kier alpha value is -1.23. The van der Waals surface area contributed by atoms with E-state index in [1.807, 2.05) is 35.7 Å². The van der Waals surface area contributed by atoms with Crippen LogP contribution in [0.15, 0.2) is 41.9 Å². The van der Waals surface area contributed by atoms with E-state index in [9.17, 15) is 5.11 Å². The number of aromatic nitrogens is 1. The van der Waals surface area contributed by atoms with Crippen molar-refractivity contribution >= 4 is 11.3 Å². The lowest BCUT2D eigenvalue weighted by atomic mass is 9.97. The van der Waals surface area contributed by atoms with Gasteiger partial charge < -0.3 is 10.4 Å². The topological polar surface area (TPSA) is 45.2 Å². The molecule has 2 N–H and O–H groups in total. The largest absolute Gasteiger partial charge is 0.386 e. The Morgan fingerprint density at radius 1 is 1.26 bits per heavy atom. The summed E-state index contributed by atoms with van der Waals surface area (Å²) >= 11 is 1.59. The lowest BCUT2D eigenvalue weighted by Crippen LogP contribution is -2.38. The molecule has 0 saturated carbocycles. The van der Waals surface area contributed by atoms with Crippen LogP contribution >= 0.6 is 11.3 Å². The van der Waals surface area contributed by atoms with Gasteiger partial charge in [-0.05, 0) is 29.5 Å². The average molecular weight is 276 g/mol. The first-order valence-corrected chi connectivity index (χ1v) is 7.41. The van der Waals surface area contributed by atoms with Crippen LogP contribution in [-0.2, 0) is 6.54 Å². The normalized spacial score (nSPS) is 14.5. The van der Waals surface area contributed by atoms with Crippen molar-refractivity contribution in [3.8, 4) is 0 Å². The summed E-state index contributed by atoms with van der Waals surface area (Å²) < 4.78 is 0. The first kappa shape index (κ1) is 14.2. The highest BCUT2D eigenvalue weighted by Crippen LogP contribution is 2.25. The van der Waals surface area contributed by atoms with Gasteiger partial charge in [-0.15, -0.1) is 11.3 Å². The molecule has 0 aliphatic rings. The maximum Gasteiger partial charge on any atom is 0.104 e. The summed E-state index contributed by atoms with van der Waals surface area (Å²) in [4.78, 5) is 5.30. The van der Waals surface area contributed by atoms with Crippen LogP contribution in [-0.4, -0.2) is 16.1 Å². The second-order valence-corrected chi connectivity index (χ2v) is 5.91. The van der Waals surface area contributed by atoms with Crippen LogP contribution in [0.1, 0.15) is 30.5 Å². The number of nitrogens with one attached hydrogen (secondary N) is 1. The van der Waals surface area contributed by atoms with Crippen molar-refractivity contribution in [3.63, 3.8) is 0 Å². The van der Waals surface area contributed by atoms with Gasteiger partial charge in [-0.3, -0.25) is 4.98 Å². The third-order valence-corrected chi connectivity index (χ3v) is 4.08. The minimum Gasteiger partial charge on any atom is -0.386 e. The van der Waals surface area contributed by atoms with Crippen LogP contribution < -0.4 is 5.32 Å². The predicted molar refractivity (Wildman–Crippen MR) is 79.0 cm³/mol. The standard InChI is InChI=1S/C15H20N2OS/c1-11(2)14(15(18)13-7-5-9-19-13)17-10-12-6-3-4-8-16-12/h3-9,11,14-15,17-18H,10H2,1-2H3. The van der Waals surface area contributed by atoms with E-state index in [-0.39, 0.29) is 6.04 Å². The molecular weight excluding hydrogens is 256 g/mol. The highest BCUT2D eigenvalue weighted by atomic mass is 32.1. The van der Waals surface area contributed by atoms with Gasteiger partial charge in [-0.2, -0.15) is 0 Å². The molecule has 0 radical (unpaired) electrons. The zero-order valence-electron chi connectivity index (χ0n) is 11.3. The van der Waals surface area contributed by atoms with Gasteiger partial charge in [0, 0.05) is 23.7 Å². The molecule has 0 saturated heterocycles. The Labute approximate surface area is 118 Å². The molecule has 0 aliphatic heterocycles. The fourth-order valence-electron chi connectivity index (χ4n) is 2.07. The van der Waals surface area contributed by atoms with Crippen LogP contribution in [0.2, 0.25) is 0 Å². The van der Waals surface area contributed by atoms with E-state index in [0.717, 1.165) is 10.6 Å². The molecular formula is C15H20N2OS. The van der Waals surface area contributed by atoms with Crippen molar-refractivity contribution in [1.29, 1.82) is 0 Å². The minimum absolute atomic E-state index is 0.0284. The third kappa shape index (κ3) is 3.86. The smallest absolute Gasteiger partial charge is 0.104 e. The molecule has 2 aromatic heterocycles. The summed E-state index contributed by atoms with van der Waals surface area (Å²) in [5, 5.41) is 15.9. The highest BCUT2D eigenvalue weighted by molar-refractivity contribution is 7.10. The molecule has 2 atom stereocenters. The van der Waals surface area contributed by atoms with Crippen molar-refractivity contribution in [2.75, 3.05) is 0 Å². The summed E-state index contributed by atoms with van der Waals surface area (Å²) in [6.45, 7) is 4.91. The molecule has 0 bridgehead atoms. The lowest BCUT2D eigenvalue weighted by Gasteiger charge is -2.27. The van der Waals surface area contributed by atoms with Gasteiger partial charge in [0.05, 0.1) is 5.69 Å². The number of pyridine rings is 1. The van der Waals surface area contributed by atoms with Gasteiger partial charge in [-0.25, -0.2) is 0 Å². The van der Waals surface area contributed by atoms with Gasteiger partial charge >= 0.3 is 0 Å². The van der Waals surface area contributed by atoms with E-state index in [2.05, 4.69) is 24.1 Å². The monoisotopic (exact) mass is 276 g/mol. The Morgan fingerprint density at radius 3 is 2.68 bits per heavy atom. The fourth-order valence-corrected chi connectivity index (χ4v) is 2.83. The van der Waals surface area contributed by atoms with Crippen LogP contribution in [0.5, 0.6) is 0 Å². The van der Waals surface area contributed by atoms with E-state index in [1.54, 1.807) is 17.5 Å².